The van der Waals surface area contributed by atoms with E-state index in [-0.39, 0.29) is 5.91 Å². The van der Waals surface area contributed by atoms with Crippen LogP contribution in [0.2, 0.25) is 5.02 Å². The molecule has 8 heteroatoms. The minimum Gasteiger partial charge on any atom is -0.322 e. The van der Waals surface area contributed by atoms with Gasteiger partial charge in [-0.3, -0.25) is 9.48 Å². The molecule has 3 aromatic heterocycles. The second kappa shape index (κ2) is 6.95. The van der Waals surface area contributed by atoms with Crippen molar-refractivity contribution in [2.75, 3.05) is 5.32 Å². The van der Waals surface area contributed by atoms with Crippen LogP contribution in [-0.4, -0.2) is 30.5 Å². The summed E-state index contributed by atoms with van der Waals surface area (Å²) in [6, 6.07) is 9.45. The Bertz CT molecular complexity index is 1280. The number of benzene rings is 1. The third-order valence-corrected chi connectivity index (χ3v) is 6.08. The Morgan fingerprint density at radius 3 is 2.57 bits per heavy atom. The average molecular weight is 421 g/mol. The zero-order valence-electron chi connectivity index (χ0n) is 17.0. The van der Waals surface area contributed by atoms with E-state index in [1.165, 1.54) is 0 Å². The number of hydrogen-bond donors (Lipinski definition) is 1. The van der Waals surface area contributed by atoms with E-state index in [9.17, 15) is 4.79 Å². The quantitative estimate of drug-likeness (QED) is 0.525. The fourth-order valence-electron chi connectivity index (χ4n) is 3.67. The molecule has 1 aliphatic carbocycles. The molecule has 1 fully saturated rings. The molecule has 4 aromatic rings. The van der Waals surface area contributed by atoms with Gasteiger partial charge in [0.25, 0.3) is 5.91 Å². The van der Waals surface area contributed by atoms with Gasteiger partial charge in [0.2, 0.25) is 0 Å². The third-order valence-electron chi connectivity index (χ3n) is 5.54. The van der Waals surface area contributed by atoms with Crippen LogP contribution in [0, 0.1) is 13.8 Å². The van der Waals surface area contributed by atoms with Gasteiger partial charge in [0.15, 0.2) is 5.65 Å². The highest BCUT2D eigenvalue weighted by molar-refractivity contribution is 6.31. The number of carbonyl (C=O) groups excluding carboxylic acids is 1. The summed E-state index contributed by atoms with van der Waals surface area (Å²) >= 11 is 6.25. The van der Waals surface area contributed by atoms with E-state index in [4.69, 9.17) is 16.6 Å². The van der Waals surface area contributed by atoms with Gasteiger partial charge >= 0.3 is 0 Å². The number of aromatic nitrogens is 5. The summed E-state index contributed by atoms with van der Waals surface area (Å²) in [6.07, 6.45) is 3.94. The molecular formula is C22H21ClN6O. The van der Waals surface area contributed by atoms with Gasteiger partial charge in [0.05, 0.1) is 39.2 Å². The van der Waals surface area contributed by atoms with Crippen LogP contribution in [0.25, 0.3) is 16.7 Å². The third kappa shape index (κ3) is 3.15. The maximum Gasteiger partial charge on any atom is 0.256 e. The molecule has 0 unspecified atom stereocenters. The zero-order chi connectivity index (χ0) is 21.0. The maximum atomic E-state index is 13.1. The molecule has 1 N–H and O–H groups in total. The van der Waals surface area contributed by atoms with Crippen molar-refractivity contribution in [1.82, 2.24) is 24.5 Å². The first-order chi connectivity index (χ1) is 14.4. The minimum absolute atomic E-state index is 0.167. The first-order valence-corrected chi connectivity index (χ1v) is 10.3. The number of nitrogens with zero attached hydrogens (tertiary/aromatic N) is 5. The number of aryl methyl sites for hydroxylation is 2. The standard InChI is InChI=1S/C22H21ClN6O/c1-12-20(23)13(2)29(27-12)16-8-6-15(7-9-16)25-22(30)17-10-19(14-4-5-14)26-21-18(17)11-24-28(21)3/h6-11,14H,4-5H2,1-3H3,(H,25,30). The lowest BCUT2D eigenvalue weighted by Gasteiger charge is -2.10. The molecule has 0 spiro atoms. The van der Waals surface area contributed by atoms with Gasteiger partial charge < -0.3 is 5.32 Å². The lowest BCUT2D eigenvalue weighted by molar-refractivity contribution is 0.102. The number of amides is 1. The van der Waals surface area contributed by atoms with E-state index in [0.29, 0.717) is 22.2 Å². The lowest BCUT2D eigenvalue weighted by atomic mass is 10.1. The van der Waals surface area contributed by atoms with Crippen molar-refractivity contribution in [1.29, 1.82) is 0 Å². The van der Waals surface area contributed by atoms with Gasteiger partial charge in [-0.25, -0.2) is 9.67 Å². The van der Waals surface area contributed by atoms with Crippen LogP contribution in [0.15, 0.2) is 36.5 Å². The molecule has 0 radical (unpaired) electrons. The maximum absolute atomic E-state index is 13.1. The molecule has 1 amide bonds. The summed E-state index contributed by atoms with van der Waals surface area (Å²) in [4.78, 5) is 17.8. The van der Waals surface area contributed by atoms with Crippen molar-refractivity contribution in [2.24, 2.45) is 7.05 Å². The van der Waals surface area contributed by atoms with Crippen LogP contribution in [0.4, 0.5) is 5.69 Å². The van der Waals surface area contributed by atoms with Gasteiger partial charge in [0.1, 0.15) is 0 Å². The highest BCUT2D eigenvalue weighted by atomic mass is 35.5. The number of nitrogens with one attached hydrogen (secondary N) is 1. The fourth-order valence-corrected chi connectivity index (χ4v) is 3.79. The molecule has 1 aromatic carbocycles. The number of halogens is 1. The Hall–Kier alpha value is -3.19. The van der Waals surface area contributed by atoms with Crippen molar-refractivity contribution in [3.8, 4) is 5.69 Å². The van der Waals surface area contributed by atoms with Crippen LogP contribution in [-0.2, 0) is 7.05 Å². The lowest BCUT2D eigenvalue weighted by Crippen LogP contribution is -2.13. The Kier molecular flexibility index (Phi) is 4.36. The highest BCUT2D eigenvalue weighted by Crippen LogP contribution is 2.40. The summed E-state index contributed by atoms with van der Waals surface area (Å²) in [5.41, 5.74) is 5.57. The van der Waals surface area contributed by atoms with Crippen LogP contribution < -0.4 is 5.32 Å². The molecule has 3 heterocycles. The molecule has 152 valence electrons. The number of rotatable bonds is 4. The normalized spacial score (nSPS) is 13.7. The minimum atomic E-state index is -0.167. The molecule has 0 atom stereocenters. The summed E-state index contributed by atoms with van der Waals surface area (Å²) in [5, 5.41) is 13.2. The predicted molar refractivity (Wildman–Crippen MR) is 116 cm³/mol. The SMILES string of the molecule is Cc1nn(-c2ccc(NC(=O)c3cc(C4CC4)nc4c3cnn4C)cc2)c(C)c1Cl. The number of fused-ring (bicyclic) bond motifs is 1. The molecular weight excluding hydrogens is 400 g/mol. The van der Waals surface area contributed by atoms with Crippen molar-refractivity contribution in [3.63, 3.8) is 0 Å². The Labute approximate surface area is 178 Å². The van der Waals surface area contributed by atoms with Crippen LogP contribution >= 0.6 is 11.6 Å². The molecule has 5 rings (SSSR count). The Morgan fingerprint density at radius 2 is 1.93 bits per heavy atom. The Morgan fingerprint density at radius 1 is 1.20 bits per heavy atom. The first-order valence-electron chi connectivity index (χ1n) is 9.88. The van der Waals surface area contributed by atoms with E-state index < -0.39 is 0 Å². The largest absolute Gasteiger partial charge is 0.322 e. The molecule has 0 saturated heterocycles. The zero-order valence-corrected chi connectivity index (χ0v) is 17.7. The number of hydrogen-bond acceptors (Lipinski definition) is 4. The first kappa shape index (κ1) is 18.8. The summed E-state index contributed by atoms with van der Waals surface area (Å²) in [7, 11) is 1.84. The fraction of sp³-hybridized carbons (Fsp3) is 0.273. The number of pyridine rings is 1. The van der Waals surface area contributed by atoms with Crippen LogP contribution in [0.1, 0.15) is 46.2 Å². The molecule has 0 aliphatic heterocycles. The monoisotopic (exact) mass is 420 g/mol. The summed E-state index contributed by atoms with van der Waals surface area (Å²) in [6.45, 7) is 3.81. The van der Waals surface area contributed by atoms with Crippen LogP contribution in [0.3, 0.4) is 0 Å². The molecule has 0 bridgehead atoms. The Balaban J connectivity index is 1.44. The van der Waals surface area contributed by atoms with E-state index >= 15 is 0 Å². The van der Waals surface area contributed by atoms with E-state index in [0.717, 1.165) is 46.6 Å². The molecule has 30 heavy (non-hydrogen) atoms. The van der Waals surface area contributed by atoms with Crippen molar-refractivity contribution < 1.29 is 4.79 Å². The van der Waals surface area contributed by atoms with E-state index in [1.54, 1.807) is 15.6 Å². The second-order valence-electron chi connectivity index (χ2n) is 7.77. The van der Waals surface area contributed by atoms with Gasteiger partial charge in [0, 0.05) is 24.3 Å². The van der Waals surface area contributed by atoms with Gasteiger partial charge in [-0.1, -0.05) is 11.6 Å². The number of anilines is 1. The van der Waals surface area contributed by atoms with Gasteiger partial charge in [-0.05, 0) is 57.0 Å². The predicted octanol–water partition coefficient (Wildman–Crippen LogP) is 4.55. The number of carbonyl (C=O) groups is 1. The summed E-state index contributed by atoms with van der Waals surface area (Å²) < 4.78 is 3.51. The van der Waals surface area contributed by atoms with E-state index in [1.807, 2.05) is 51.2 Å². The topological polar surface area (TPSA) is 77.6 Å². The molecule has 1 saturated carbocycles. The average Bonchev–Trinajstić information content (AvgIpc) is 3.49. The van der Waals surface area contributed by atoms with Crippen molar-refractivity contribution >= 4 is 34.2 Å². The molecule has 1 aliphatic rings. The second-order valence-corrected chi connectivity index (χ2v) is 8.15. The van der Waals surface area contributed by atoms with Crippen molar-refractivity contribution in [2.45, 2.75) is 32.6 Å². The van der Waals surface area contributed by atoms with E-state index in [2.05, 4.69) is 15.5 Å². The smallest absolute Gasteiger partial charge is 0.256 e. The van der Waals surface area contributed by atoms with Crippen LogP contribution in [0.5, 0.6) is 0 Å². The summed E-state index contributed by atoms with van der Waals surface area (Å²) in [5.74, 6) is 0.280. The van der Waals surface area contributed by atoms with Crippen molar-refractivity contribution in [3.05, 3.63) is 64.2 Å². The van der Waals surface area contributed by atoms with Gasteiger partial charge in [-0.15, -0.1) is 0 Å². The molecule has 7 nitrogen and oxygen atoms in total. The van der Waals surface area contributed by atoms with Gasteiger partial charge in [-0.2, -0.15) is 10.2 Å². The highest BCUT2D eigenvalue weighted by Gasteiger charge is 2.27.